The lowest BCUT2D eigenvalue weighted by molar-refractivity contribution is 1.16. The van der Waals surface area contributed by atoms with Crippen LogP contribution in [-0.4, -0.2) is 9.97 Å². The molecule has 0 atom stereocenters. The van der Waals surface area contributed by atoms with Crippen molar-refractivity contribution >= 4 is 50.5 Å². The van der Waals surface area contributed by atoms with Crippen molar-refractivity contribution in [1.29, 1.82) is 0 Å². The molecule has 0 spiro atoms. The van der Waals surface area contributed by atoms with Crippen molar-refractivity contribution in [1.82, 2.24) is 9.97 Å². The van der Waals surface area contributed by atoms with Gasteiger partial charge < -0.3 is 4.90 Å². The molecule has 0 aliphatic carbocycles. The minimum Gasteiger partial charge on any atom is -0.308 e. The maximum atomic E-state index is 4.96. The van der Waals surface area contributed by atoms with Crippen LogP contribution < -0.4 is 4.90 Å². The molecular weight excluding hydrogens is 434 g/mol. The largest absolute Gasteiger partial charge is 0.308 e. The molecule has 34 heavy (non-hydrogen) atoms. The predicted octanol–water partition coefficient (Wildman–Crippen LogP) is 8.38. The van der Waals surface area contributed by atoms with Gasteiger partial charge in [-0.3, -0.25) is 0 Å². The third-order valence-electron chi connectivity index (χ3n) is 6.29. The van der Waals surface area contributed by atoms with E-state index in [1.165, 1.54) is 26.6 Å². The van der Waals surface area contributed by atoms with Crippen LogP contribution in [0, 0.1) is 0 Å². The van der Waals surface area contributed by atoms with Crippen LogP contribution in [0.4, 0.5) is 17.1 Å². The predicted molar refractivity (Wildman–Crippen MR) is 141 cm³/mol. The summed E-state index contributed by atoms with van der Waals surface area (Å²) in [6, 6.07) is 38.3. The zero-order chi connectivity index (χ0) is 22.5. The molecule has 0 saturated heterocycles. The minimum atomic E-state index is 0.741. The molecule has 0 bridgehead atoms. The van der Waals surface area contributed by atoms with Crippen molar-refractivity contribution in [3.63, 3.8) is 0 Å². The zero-order valence-corrected chi connectivity index (χ0v) is 19.0. The number of anilines is 3. The topological polar surface area (TPSA) is 29.0 Å². The van der Waals surface area contributed by atoms with Gasteiger partial charge in [0.25, 0.3) is 0 Å². The molecule has 7 rings (SSSR count). The summed E-state index contributed by atoms with van der Waals surface area (Å²) in [5.74, 6) is 0.741. The summed E-state index contributed by atoms with van der Waals surface area (Å²) in [7, 11) is 0. The van der Waals surface area contributed by atoms with Gasteiger partial charge in [0.05, 0.1) is 16.9 Å². The van der Waals surface area contributed by atoms with E-state index in [1.54, 1.807) is 0 Å². The highest BCUT2D eigenvalue weighted by Crippen LogP contribution is 2.51. The molecule has 0 amide bonds. The van der Waals surface area contributed by atoms with E-state index in [9.17, 15) is 0 Å². The van der Waals surface area contributed by atoms with E-state index in [2.05, 4.69) is 119 Å². The normalized spacial score (nSPS) is 12.5. The van der Waals surface area contributed by atoms with Gasteiger partial charge in [-0.1, -0.05) is 72.4 Å². The van der Waals surface area contributed by atoms with Crippen molar-refractivity contribution in [3.05, 3.63) is 115 Å². The van der Waals surface area contributed by atoms with Gasteiger partial charge in [0.1, 0.15) is 0 Å². The zero-order valence-electron chi connectivity index (χ0n) is 18.2. The molecule has 5 aromatic carbocycles. The van der Waals surface area contributed by atoms with E-state index >= 15 is 0 Å². The summed E-state index contributed by atoms with van der Waals surface area (Å²) in [6.07, 6.45) is 1.92. The molecular formula is C30H19N3S. The lowest BCUT2D eigenvalue weighted by Gasteiger charge is -2.32. The number of hydrogen-bond acceptors (Lipinski definition) is 4. The fourth-order valence-electron chi connectivity index (χ4n) is 4.65. The first-order valence-corrected chi connectivity index (χ1v) is 12.1. The molecule has 4 heteroatoms. The number of para-hydroxylation sites is 2. The molecule has 0 radical (unpaired) electrons. The van der Waals surface area contributed by atoms with Gasteiger partial charge in [0.15, 0.2) is 5.82 Å². The summed E-state index contributed by atoms with van der Waals surface area (Å²) >= 11 is 1.82. The van der Waals surface area contributed by atoms with Gasteiger partial charge in [0.2, 0.25) is 0 Å². The number of rotatable bonds is 2. The average Bonchev–Trinajstić information content (AvgIpc) is 2.91. The van der Waals surface area contributed by atoms with Crippen molar-refractivity contribution in [3.8, 4) is 11.4 Å². The summed E-state index contributed by atoms with van der Waals surface area (Å²) in [5.41, 5.74) is 5.52. The molecule has 2 heterocycles. The highest BCUT2D eigenvalue weighted by Gasteiger charge is 2.24. The number of aromatic nitrogens is 2. The van der Waals surface area contributed by atoms with Crippen molar-refractivity contribution < 1.29 is 0 Å². The highest BCUT2D eigenvalue weighted by atomic mass is 32.2. The molecule has 0 N–H and O–H groups in total. The van der Waals surface area contributed by atoms with Gasteiger partial charge in [-0.05, 0) is 53.9 Å². The van der Waals surface area contributed by atoms with Crippen LogP contribution in [0.15, 0.2) is 125 Å². The third-order valence-corrected chi connectivity index (χ3v) is 7.42. The number of fused-ring (bicyclic) bond motifs is 5. The quantitative estimate of drug-likeness (QED) is 0.246. The molecule has 0 unspecified atom stereocenters. The van der Waals surface area contributed by atoms with E-state index in [4.69, 9.17) is 4.98 Å². The molecule has 6 aromatic rings. The van der Waals surface area contributed by atoms with E-state index in [0.717, 1.165) is 33.4 Å². The first-order valence-electron chi connectivity index (χ1n) is 11.3. The van der Waals surface area contributed by atoms with Gasteiger partial charge in [-0.2, -0.15) is 0 Å². The number of benzene rings is 5. The lowest BCUT2D eigenvalue weighted by atomic mass is 10.1. The Labute approximate surface area is 201 Å². The Morgan fingerprint density at radius 2 is 1.24 bits per heavy atom. The molecule has 0 saturated carbocycles. The fraction of sp³-hybridized carbons (Fsp3) is 0. The summed E-state index contributed by atoms with van der Waals surface area (Å²) < 4.78 is 0. The maximum Gasteiger partial charge on any atom is 0.159 e. The number of hydrogen-bond donors (Lipinski definition) is 0. The summed E-state index contributed by atoms with van der Waals surface area (Å²) in [5, 5.41) is 3.40. The Hall–Kier alpha value is -4.15. The first kappa shape index (κ1) is 19.3. The molecule has 1 aliphatic heterocycles. The number of nitrogens with zero attached hydrogens (tertiary/aromatic N) is 3. The van der Waals surface area contributed by atoms with Crippen molar-refractivity contribution in [2.75, 3.05) is 4.90 Å². The van der Waals surface area contributed by atoms with Gasteiger partial charge >= 0.3 is 0 Å². The van der Waals surface area contributed by atoms with Crippen LogP contribution in [0.3, 0.4) is 0 Å². The van der Waals surface area contributed by atoms with Crippen LogP contribution in [0.5, 0.6) is 0 Å². The monoisotopic (exact) mass is 453 g/mol. The molecule has 3 nitrogen and oxygen atoms in total. The molecule has 1 aliphatic rings. The average molecular weight is 454 g/mol. The van der Waals surface area contributed by atoms with Crippen molar-refractivity contribution in [2.24, 2.45) is 0 Å². The second-order valence-electron chi connectivity index (χ2n) is 8.34. The van der Waals surface area contributed by atoms with E-state index in [1.807, 2.05) is 18.0 Å². The second-order valence-corrected chi connectivity index (χ2v) is 9.42. The standard InChI is InChI=1S/C30H19N3S/c1-2-8-24-20(7-1)13-14-22-19-31-30(32-29(22)24)21-15-17-23(18-16-21)33-25-9-3-5-11-27(25)34-28-12-6-4-10-26(28)33/h1-19H. The second kappa shape index (κ2) is 7.72. The SMILES string of the molecule is c1ccc2c(c1)Sc1ccccc1N2c1ccc(-c2ncc3ccc4ccccc4c3n2)cc1. The van der Waals surface area contributed by atoms with E-state index in [-0.39, 0.29) is 0 Å². The van der Waals surface area contributed by atoms with Crippen LogP contribution >= 0.6 is 11.8 Å². The van der Waals surface area contributed by atoms with E-state index < -0.39 is 0 Å². The Morgan fingerprint density at radius 1 is 0.588 bits per heavy atom. The molecule has 0 fully saturated rings. The minimum absolute atomic E-state index is 0.741. The maximum absolute atomic E-state index is 4.96. The molecule has 1 aromatic heterocycles. The van der Waals surface area contributed by atoms with Crippen LogP contribution in [-0.2, 0) is 0 Å². The molecule has 160 valence electrons. The third kappa shape index (κ3) is 3.07. The highest BCUT2D eigenvalue weighted by molar-refractivity contribution is 7.99. The van der Waals surface area contributed by atoms with Crippen molar-refractivity contribution in [2.45, 2.75) is 9.79 Å². The summed E-state index contributed by atoms with van der Waals surface area (Å²) in [4.78, 5) is 14.5. The first-order chi connectivity index (χ1) is 16.8. The Bertz CT molecular complexity index is 1650. The Balaban J connectivity index is 1.33. The van der Waals surface area contributed by atoms with Gasteiger partial charge in [-0.15, -0.1) is 0 Å². The smallest absolute Gasteiger partial charge is 0.159 e. The van der Waals surface area contributed by atoms with Gasteiger partial charge in [-0.25, -0.2) is 9.97 Å². The lowest BCUT2D eigenvalue weighted by Crippen LogP contribution is -2.14. The Kier molecular flexibility index (Phi) is 4.39. The Morgan fingerprint density at radius 3 is 2.00 bits per heavy atom. The fourth-order valence-corrected chi connectivity index (χ4v) is 5.71. The van der Waals surface area contributed by atoms with Gasteiger partial charge in [0, 0.05) is 38.0 Å². The van der Waals surface area contributed by atoms with Crippen LogP contribution in [0.2, 0.25) is 0 Å². The van der Waals surface area contributed by atoms with Crippen LogP contribution in [0.1, 0.15) is 0 Å². The van der Waals surface area contributed by atoms with E-state index in [0.29, 0.717) is 0 Å². The summed E-state index contributed by atoms with van der Waals surface area (Å²) in [6.45, 7) is 0. The van der Waals surface area contributed by atoms with Crippen LogP contribution in [0.25, 0.3) is 33.1 Å².